The molecule has 1 amide bonds. The van der Waals surface area contributed by atoms with Crippen molar-refractivity contribution in [1.29, 1.82) is 0 Å². The van der Waals surface area contributed by atoms with Gasteiger partial charge in [0.15, 0.2) is 5.13 Å². The Hall–Kier alpha value is -1.10. The van der Waals surface area contributed by atoms with Crippen molar-refractivity contribution in [3.05, 3.63) is 10.6 Å². The highest BCUT2D eigenvalue weighted by atomic mass is 32.1. The number of carbonyl (C=O) groups is 1. The van der Waals surface area contributed by atoms with Gasteiger partial charge in [-0.3, -0.25) is 4.79 Å². The van der Waals surface area contributed by atoms with Crippen LogP contribution in [-0.4, -0.2) is 16.9 Å². The fourth-order valence-corrected chi connectivity index (χ4v) is 4.65. The Morgan fingerprint density at radius 3 is 2.79 bits per heavy atom. The Kier molecular flexibility index (Phi) is 3.25. The number of rotatable bonds is 3. The molecule has 0 spiro atoms. The van der Waals surface area contributed by atoms with Crippen molar-refractivity contribution in [2.45, 2.75) is 45.6 Å². The van der Waals surface area contributed by atoms with Crippen molar-refractivity contribution in [2.75, 3.05) is 5.73 Å². The molecular weight excluding hydrogens is 258 g/mol. The van der Waals surface area contributed by atoms with E-state index in [-0.39, 0.29) is 11.9 Å². The van der Waals surface area contributed by atoms with Crippen LogP contribution >= 0.6 is 11.3 Å². The first kappa shape index (κ1) is 12.9. The normalized spacial score (nSPS) is 30.5. The maximum absolute atomic E-state index is 12.3. The number of nitrogens with zero attached hydrogens (tertiary/aromatic N) is 1. The van der Waals surface area contributed by atoms with Crippen LogP contribution in [0.2, 0.25) is 0 Å². The van der Waals surface area contributed by atoms with Gasteiger partial charge in [0.05, 0.1) is 5.69 Å². The predicted molar refractivity (Wildman–Crippen MR) is 77.1 cm³/mol. The van der Waals surface area contributed by atoms with E-state index in [1.807, 2.05) is 6.92 Å². The van der Waals surface area contributed by atoms with Crippen LogP contribution in [0.1, 0.15) is 48.0 Å². The molecule has 1 aromatic rings. The number of amides is 1. The van der Waals surface area contributed by atoms with Crippen LogP contribution < -0.4 is 11.1 Å². The first-order valence-electron chi connectivity index (χ1n) is 7.08. The molecule has 2 aliphatic carbocycles. The van der Waals surface area contributed by atoms with Gasteiger partial charge in [0.2, 0.25) is 0 Å². The second kappa shape index (κ2) is 4.78. The Bertz CT molecular complexity index is 499. The molecule has 4 unspecified atom stereocenters. The van der Waals surface area contributed by atoms with Crippen LogP contribution in [0.15, 0.2) is 0 Å². The predicted octanol–water partition coefficient (Wildman–Crippen LogP) is 2.59. The lowest BCUT2D eigenvalue weighted by Gasteiger charge is -2.28. The standard InChI is InChI=1S/C14H21N3OS/c1-7(11-6-9-3-4-10(11)5-9)16-13(18)12-8(2)17-14(15)19-12/h7,9-11H,3-6H2,1-2H3,(H2,15,17)(H,16,18). The largest absolute Gasteiger partial charge is 0.375 e. The summed E-state index contributed by atoms with van der Waals surface area (Å²) < 4.78 is 0. The minimum Gasteiger partial charge on any atom is -0.375 e. The van der Waals surface area contributed by atoms with Crippen molar-refractivity contribution in [3.63, 3.8) is 0 Å². The van der Waals surface area contributed by atoms with E-state index in [9.17, 15) is 4.79 Å². The van der Waals surface area contributed by atoms with Gasteiger partial charge < -0.3 is 11.1 Å². The fourth-order valence-electron chi connectivity index (χ4n) is 3.91. The van der Waals surface area contributed by atoms with E-state index in [1.54, 1.807) is 0 Å². The Labute approximate surface area is 117 Å². The van der Waals surface area contributed by atoms with Crippen molar-refractivity contribution in [2.24, 2.45) is 17.8 Å². The van der Waals surface area contributed by atoms with E-state index in [0.717, 1.165) is 17.5 Å². The molecule has 2 saturated carbocycles. The third kappa shape index (κ3) is 2.36. The van der Waals surface area contributed by atoms with Crippen LogP contribution in [0.25, 0.3) is 0 Å². The number of carbonyl (C=O) groups excluding carboxylic acids is 1. The number of hydrogen-bond donors (Lipinski definition) is 2. The van der Waals surface area contributed by atoms with Crippen LogP contribution in [0.3, 0.4) is 0 Å². The van der Waals surface area contributed by atoms with Crippen LogP contribution in [0, 0.1) is 24.7 Å². The van der Waals surface area contributed by atoms with Crippen LogP contribution in [0.4, 0.5) is 5.13 Å². The molecule has 104 valence electrons. The molecule has 4 nitrogen and oxygen atoms in total. The number of aryl methyl sites for hydroxylation is 1. The molecule has 0 aliphatic heterocycles. The lowest BCUT2D eigenvalue weighted by molar-refractivity contribution is 0.0918. The summed E-state index contributed by atoms with van der Waals surface area (Å²) in [5.74, 6) is 2.39. The van der Waals surface area contributed by atoms with Gasteiger partial charge in [0, 0.05) is 6.04 Å². The average molecular weight is 279 g/mol. The third-order valence-corrected chi connectivity index (χ3v) is 5.80. The second-order valence-electron chi connectivity index (χ2n) is 6.07. The molecule has 3 N–H and O–H groups in total. The summed E-state index contributed by atoms with van der Waals surface area (Å²) in [6.45, 7) is 3.98. The number of aromatic nitrogens is 1. The SMILES string of the molecule is Cc1nc(N)sc1C(=O)NC(C)C1CC2CCC1C2. The van der Waals surface area contributed by atoms with E-state index in [1.165, 1.54) is 37.0 Å². The number of fused-ring (bicyclic) bond motifs is 2. The number of nitrogens with two attached hydrogens (primary N) is 1. The van der Waals surface area contributed by atoms with E-state index >= 15 is 0 Å². The molecule has 4 atom stereocenters. The Morgan fingerprint density at radius 1 is 1.47 bits per heavy atom. The minimum absolute atomic E-state index is 0.0121. The smallest absolute Gasteiger partial charge is 0.263 e. The molecule has 2 bridgehead atoms. The van der Waals surface area contributed by atoms with Gasteiger partial charge in [0.1, 0.15) is 4.88 Å². The maximum atomic E-state index is 12.3. The molecule has 5 heteroatoms. The molecule has 2 aliphatic rings. The summed E-state index contributed by atoms with van der Waals surface area (Å²) in [6, 6.07) is 0.255. The van der Waals surface area contributed by atoms with Crippen molar-refractivity contribution in [3.8, 4) is 0 Å². The molecule has 1 aromatic heterocycles. The molecule has 2 fully saturated rings. The molecule has 3 rings (SSSR count). The molecular formula is C14H21N3OS. The second-order valence-corrected chi connectivity index (χ2v) is 7.10. The topological polar surface area (TPSA) is 68.0 Å². The van der Waals surface area contributed by atoms with Gasteiger partial charge in [0.25, 0.3) is 5.91 Å². The summed E-state index contributed by atoms with van der Waals surface area (Å²) in [4.78, 5) is 17.0. The van der Waals surface area contributed by atoms with Gasteiger partial charge in [-0.05, 0) is 50.9 Å². The van der Waals surface area contributed by atoms with Crippen molar-refractivity contribution in [1.82, 2.24) is 10.3 Å². The zero-order chi connectivity index (χ0) is 13.6. The molecule has 0 saturated heterocycles. The van der Waals surface area contributed by atoms with Gasteiger partial charge in [-0.15, -0.1) is 0 Å². The van der Waals surface area contributed by atoms with E-state index in [0.29, 0.717) is 15.9 Å². The number of nitrogen functional groups attached to an aromatic ring is 1. The van der Waals surface area contributed by atoms with E-state index in [4.69, 9.17) is 5.73 Å². The van der Waals surface area contributed by atoms with Crippen molar-refractivity contribution >= 4 is 22.4 Å². The van der Waals surface area contributed by atoms with Gasteiger partial charge in [-0.25, -0.2) is 4.98 Å². The summed E-state index contributed by atoms with van der Waals surface area (Å²) in [5, 5.41) is 3.62. The number of anilines is 1. The van der Waals surface area contributed by atoms with Gasteiger partial charge in [-0.2, -0.15) is 0 Å². The van der Waals surface area contributed by atoms with Gasteiger partial charge in [-0.1, -0.05) is 17.8 Å². The quantitative estimate of drug-likeness (QED) is 0.893. The maximum Gasteiger partial charge on any atom is 0.263 e. The highest BCUT2D eigenvalue weighted by Gasteiger charge is 2.42. The number of thiazole rings is 1. The molecule has 0 aromatic carbocycles. The monoisotopic (exact) mass is 279 g/mol. The summed E-state index contributed by atoms with van der Waals surface area (Å²) in [7, 11) is 0. The average Bonchev–Trinajstić information content (AvgIpc) is 3.03. The zero-order valence-corrected chi connectivity index (χ0v) is 12.3. The molecule has 0 radical (unpaired) electrons. The Balaban J connectivity index is 1.65. The van der Waals surface area contributed by atoms with E-state index < -0.39 is 0 Å². The lowest BCUT2D eigenvalue weighted by Crippen LogP contribution is -2.40. The Morgan fingerprint density at radius 2 is 2.26 bits per heavy atom. The summed E-state index contributed by atoms with van der Waals surface area (Å²) >= 11 is 1.28. The van der Waals surface area contributed by atoms with E-state index in [2.05, 4.69) is 17.2 Å². The van der Waals surface area contributed by atoms with Crippen LogP contribution in [0.5, 0.6) is 0 Å². The lowest BCUT2D eigenvalue weighted by atomic mass is 9.84. The molecule has 1 heterocycles. The first-order valence-corrected chi connectivity index (χ1v) is 7.90. The minimum atomic E-state index is -0.0121. The highest BCUT2D eigenvalue weighted by molar-refractivity contribution is 7.17. The zero-order valence-electron chi connectivity index (χ0n) is 11.5. The number of nitrogens with one attached hydrogen (secondary N) is 1. The summed E-state index contributed by atoms with van der Waals surface area (Å²) in [5.41, 5.74) is 6.38. The number of hydrogen-bond acceptors (Lipinski definition) is 4. The fraction of sp³-hybridized carbons (Fsp3) is 0.714. The van der Waals surface area contributed by atoms with Crippen LogP contribution in [-0.2, 0) is 0 Å². The molecule has 19 heavy (non-hydrogen) atoms. The summed E-state index contributed by atoms with van der Waals surface area (Å²) in [6.07, 6.45) is 5.40. The first-order chi connectivity index (χ1) is 9.04. The van der Waals surface area contributed by atoms with Gasteiger partial charge >= 0.3 is 0 Å². The van der Waals surface area contributed by atoms with Crippen molar-refractivity contribution < 1.29 is 4.79 Å². The highest BCUT2D eigenvalue weighted by Crippen LogP contribution is 2.49. The third-order valence-electron chi connectivity index (χ3n) is 4.81.